The summed E-state index contributed by atoms with van der Waals surface area (Å²) < 4.78 is 13.5. The molecule has 0 saturated carbocycles. The van der Waals surface area contributed by atoms with Gasteiger partial charge in [-0.2, -0.15) is 0 Å². The van der Waals surface area contributed by atoms with Crippen molar-refractivity contribution in [2.75, 3.05) is 13.1 Å². The van der Waals surface area contributed by atoms with Crippen LogP contribution in [0.1, 0.15) is 25.3 Å². The number of rotatable bonds is 3. The van der Waals surface area contributed by atoms with Crippen LogP contribution in [0.25, 0.3) is 0 Å². The standard InChI is InChI=1S/C14H18FNO/c1-11(17)12-6-4-8-16(9-12)10-13-5-2-3-7-14(13)15/h2-3,5,7,12H,4,6,8-10H2,1H3. The summed E-state index contributed by atoms with van der Waals surface area (Å²) in [5, 5.41) is 0. The molecule has 1 aromatic carbocycles. The van der Waals surface area contributed by atoms with E-state index in [2.05, 4.69) is 4.90 Å². The molecule has 0 aromatic heterocycles. The number of nitrogens with zero attached hydrogens (tertiary/aromatic N) is 1. The van der Waals surface area contributed by atoms with E-state index >= 15 is 0 Å². The zero-order valence-corrected chi connectivity index (χ0v) is 10.2. The van der Waals surface area contributed by atoms with Crippen LogP contribution >= 0.6 is 0 Å². The van der Waals surface area contributed by atoms with Gasteiger partial charge in [0.05, 0.1) is 0 Å². The number of Topliss-reactive ketones (excluding diaryl/α,β-unsaturated/α-hetero) is 1. The van der Waals surface area contributed by atoms with Crippen LogP contribution < -0.4 is 0 Å². The molecule has 1 fully saturated rings. The highest BCUT2D eigenvalue weighted by atomic mass is 19.1. The van der Waals surface area contributed by atoms with Crippen LogP contribution in [0.4, 0.5) is 4.39 Å². The van der Waals surface area contributed by atoms with Crippen molar-refractivity contribution in [3.05, 3.63) is 35.6 Å². The molecule has 1 aliphatic rings. The molecule has 0 amide bonds. The lowest BCUT2D eigenvalue weighted by atomic mass is 9.94. The van der Waals surface area contributed by atoms with Crippen LogP contribution in [0.3, 0.4) is 0 Å². The summed E-state index contributed by atoms with van der Waals surface area (Å²) in [6.07, 6.45) is 2.00. The summed E-state index contributed by atoms with van der Waals surface area (Å²) in [7, 11) is 0. The van der Waals surface area contributed by atoms with Crippen molar-refractivity contribution in [2.45, 2.75) is 26.3 Å². The molecule has 2 rings (SSSR count). The van der Waals surface area contributed by atoms with Gasteiger partial charge in [-0.3, -0.25) is 9.69 Å². The van der Waals surface area contributed by atoms with E-state index in [1.807, 2.05) is 12.1 Å². The lowest BCUT2D eigenvalue weighted by Gasteiger charge is -2.31. The predicted octanol–water partition coefficient (Wildman–Crippen LogP) is 2.63. The molecule has 1 aliphatic heterocycles. The first-order valence-corrected chi connectivity index (χ1v) is 6.13. The maximum absolute atomic E-state index is 13.5. The quantitative estimate of drug-likeness (QED) is 0.802. The number of halogens is 1. The van der Waals surface area contributed by atoms with Gasteiger partial charge in [0, 0.05) is 24.6 Å². The number of carbonyl (C=O) groups is 1. The minimum absolute atomic E-state index is 0.135. The van der Waals surface area contributed by atoms with Crippen molar-refractivity contribution >= 4 is 5.78 Å². The third-order valence-electron chi connectivity index (χ3n) is 3.43. The molecule has 0 N–H and O–H groups in total. The Morgan fingerprint density at radius 2 is 2.24 bits per heavy atom. The largest absolute Gasteiger partial charge is 0.300 e. The molecule has 1 heterocycles. The van der Waals surface area contributed by atoms with Crippen molar-refractivity contribution in [3.63, 3.8) is 0 Å². The number of hydrogen-bond acceptors (Lipinski definition) is 2. The van der Waals surface area contributed by atoms with Gasteiger partial charge in [0.25, 0.3) is 0 Å². The number of hydrogen-bond donors (Lipinski definition) is 0. The van der Waals surface area contributed by atoms with Crippen LogP contribution in [0.2, 0.25) is 0 Å². The number of carbonyl (C=O) groups excluding carboxylic acids is 1. The predicted molar refractivity (Wildman–Crippen MR) is 65.1 cm³/mol. The summed E-state index contributed by atoms with van der Waals surface area (Å²) >= 11 is 0. The molecule has 3 heteroatoms. The highest BCUT2D eigenvalue weighted by Gasteiger charge is 2.23. The van der Waals surface area contributed by atoms with Gasteiger partial charge in [-0.1, -0.05) is 18.2 Å². The molecule has 1 saturated heterocycles. The Bertz CT molecular complexity index is 405. The maximum atomic E-state index is 13.5. The van der Waals surface area contributed by atoms with Crippen molar-refractivity contribution < 1.29 is 9.18 Å². The Morgan fingerprint density at radius 3 is 2.94 bits per heavy atom. The van der Waals surface area contributed by atoms with Gasteiger partial charge in [-0.15, -0.1) is 0 Å². The van der Waals surface area contributed by atoms with E-state index in [0.29, 0.717) is 6.54 Å². The number of ketones is 1. The topological polar surface area (TPSA) is 20.3 Å². The van der Waals surface area contributed by atoms with E-state index in [4.69, 9.17) is 0 Å². The Morgan fingerprint density at radius 1 is 1.47 bits per heavy atom. The molecule has 0 bridgehead atoms. The van der Waals surface area contributed by atoms with Gasteiger partial charge < -0.3 is 0 Å². The van der Waals surface area contributed by atoms with Gasteiger partial charge in [0.15, 0.2) is 0 Å². The third kappa shape index (κ3) is 3.13. The molecule has 1 aromatic rings. The Balaban J connectivity index is 1.99. The molecule has 2 nitrogen and oxygen atoms in total. The molecule has 0 spiro atoms. The number of likely N-dealkylation sites (tertiary alicyclic amines) is 1. The first kappa shape index (κ1) is 12.2. The lowest BCUT2D eigenvalue weighted by Crippen LogP contribution is -2.37. The second-order valence-electron chi connectivity index (χ2n) is 4.78. The van der Waals surface area contributed by atoms with Gasteiger partial charge in [0.1, 0.15) is 11.6 Å². The van der Waals surface area contributed by atoms with Gasteiger partial charge in [-0.25, -0.2) is 4.39 Å². The van der Waals surface area contributed by atoms with Crippen LogP contribution in [0.5, 0.6) is 0 Å². The highest BCUT2D eigenvalue weighted by Crippen LogP contribution is 2.20. The van der Waals surface area contributed by atoms with Crippen LogP contribution in [-0.4, -0.2) is 23.8 Å². The van der Waals surface area contributed by atoms with E-state index in [1.54, 1.807) is 13.0 Å². The first-order valence-electron chi connectivity index (χ1n) is 6.13. The fourth-order valence-electron chi connectivity index (χ4n) is 2.40. The van der Waals surface area contributed by atoms with E-state index < -0.39 is 0 Å². The normalized spacial score (nSPS) is 21.4. The summed E-state index contributed by atoms with van der Waals surface area (Å²) in [6.45, 7) is 3.98. The second kappa shape index (κ2) is 5.41. The Labute approximate surface area is 101 Å². The minimum Gasteiger partial charge on any atom is -0.300 e. The van der Waals surface area contributed by atoms with Crippen molar-refractivity contribution in [1.29, 1.82) is 0 Å². The number of benzene rings is 1. The van der Waals surface area contributed by atoms with E-state index in [-0.39, 0.29) is 17.5 Å². The van der Waals surface area contributed by atoms with Gasteiger partial charge >= 0.3 is 0 Å². The van der Waals surface area contributed by atoms with Crippen molar-refractivity contribution in [1.82, 2.24) is 4.90 Å². The molecule has 92 valence electrons. The van der Waals surface area contributed by atoms with Gasteiger partial charge in [-0.05, 0) is 32.4 Å². The third-order valence-corrected chi connectivity index (χ3v) is 3.43. The minimum atomic E-state index is -0.155. The Hall–Kier alpha value is -1.22. The fraction of sp³-hybridized carbons (Fsp3) is 0.500. The van der Waals surface area contributed by atoms with E-state index in [1.165, 1.54) is 6.07 Å². The molecule has 0 radical (unpaired) electrons. The molecule has 0 aliphatic carbocycles. The van der Waals surface area contributed by atoms with Crippen LogP contribution in [0, 0.1) is 11.7 Å². The SMILES string of the molecule is CC(=O)C1CCCN(Cc2ccccc2F)C1. The average molecular weight is 235 g/mol. The maximum Gasteiger partial charge on any atom is 0.134 e. The second-order valence-corrected chi connectivity index (χ2v) is 4.78. The summed E-state index contributed by atoms with van der Waals surface area (Å²) in [5.41, 5.74) is 0.719. The zero-order chi connectivity index (χ0) is 12.3. The van der Waals surface area contributed by atoms with Crippen LogP contribution in [0.15, 0.2) is 24.3 Å². The van der Waals surface area contributed by atoms with Crippen molar-refractivity contribution in [3.8, 4) is 0 Å². The summed E-state index contributed by atoms with van der Waals surface area (Å²) in [6, 6.07) is 6.85. The van der Waals surface area contributed by atoms with Crippen LogP contribution in [-0.2, 0) is 11.3 Å². The molecule has 1 unspecified atom stereocenters. The summed E-state index contributed by atoms with van der Waals surface area (Å²) in [4.78, 5) is 13.5. The molecular formula is C14H18FNO. The molecular weight excluding hydrogens is 217 g/mol. The first-order chi connectivity index (χ1) is 8.16. The lowest BCUT2D eigenvalue weighted by molar-refractivity contribution is -0.122. The molecule has 1 atom stereocenters. The highest BCUT2D eigenvalue weighted by molar-refractivity contribution is 5.78. The van der Waals surface area contributed by atoms with Crippen molar-refractivity contribution in [2.24, 2.45) is 5.92 Å². The van der Waals surface area contributed by atoms with E-state index in [9.17, 15) is 9.18 Å². The smallest absolute Gasteiger partial charge is 0.134 e. The monoisotopic (exact) mass is 235 g/mol. The average Bonchev–Trinajstić information content (AvgIpc) is 2.32. The zero-order valence-electron chi connectivity index (χ0n) is 10.2. The van der Waals surface area contributed by atoms with Gasteiger partial charge in [0.2, 0.25) is 0 Å². The summed E-state index contributed by atoms with van der Waals surface area (Å²) in [5.74, 6) is 0.233. The fourth-order valence-corrected chi connectivity index (χ4v) is 2.40. The number of piperidine rings is 1. The van der Waals surface area contributed by atoms with E-state index in [0.717, 1.165) is 31.5 Å². The molecule has 17 heavy (non-hydrogen) atoms. The Kier molecular flexibility index (Phi) is 3.89.